The molecule has 0 aliphatic rings. The fourth-order valence-electron chi connectivity index (χ4n) is 2.00. The van der Waals surface area contributed by atoms with E-state index in [0.717, 1.165) is 12.3 Å². The number of rotatable bonds is 3. The van der Waals surface area contributed by atoms with Crippen LogP contribution in [0.1, 0.15) is 6.92 Å². The van der Waals surface area contributed by atoms with Gasteiger partial charge in [-0.15, -0.1) is 0 Å². The summed E-state index contributed by atoms with van der Waals surface area (Å²) in [5.74, 6) is 0.908. The Labute approximate surface area is 96.2 Å². The number of methoxy groups -OCH3 is 1. The summed E-state index contributed by atoms with van der Waals surface area (Å²) < 4.78 is 7.51. The molecule has 0 amide bonds. The average Bonchev–Trinajstić information content (AvgIpc) is 2.66. The summed E-state index contributed by atoms with van der Waals surface area (Å²) in [4.78, 5) is 2.14. The summed E-state index contributed by atoms with van der Waals surface area (Å²) in [6.45, 7) is 3.12. The molecule has 1 heterocycles. The highest BCUT2D eigenvalue weighted by Gasteiger charge is 2.09. The van der Waals surface area contributed by atoms with Crippen molar-refractivity contribution in [1.29, 1.82) is 0 Å². The summed E-state index contributed by atoms with van der Waals surface area (Å²) in [5.41, 5.74) is 2.48. The number of benzene rings is 1. The summed E-state index contributed by atoms with van der Waals surface area (Å²) in [5, 5.41) is 1.27. The van der Waals surface area contributed by atoms with Crippen molar-refractivity contribution in [3.05, 3.63) is 24.4 Å². The Kier molecular flexibility index (Phi) is 2.77. The van der Waals surface area contributed by atoms with E-state index < -0.39 is 0 Å². The second-order valence-corrected chi connectivity index (χ2v) is 4.08. The molecule has 0 unspecified atom stereocenters. The minimum absolute atomic E-state index is 0.908. The van der Waals surface area contributed by atoms with Gasteiger partial charge in [-0.3, -0.25) is 0 Å². The van der Waals surface area contributed by atoms with Crippen molar-refractivity contribution in [1.82, 2.24) is 4.57 Å². The normalized spacial score (nSPS) is 10.8. The van der Waals surface area contributed by atoms with Crippen molar-refractivity contribution in [3.63, 3.8) is 0 Å². The minimum Gasteiger partial charge on any atom is -0.497 e. The Balaban J connectivity index is 2.69. The van der Waals surface area contributed by atoms with Crippen molar-refractivity contribution in [2.24, 2.45) is 0 Å². The van der Waals surface area contributed by atoms with Gasteiger partial charge in [0.15, 0.2) is 0 Å². The minimum atomic E-state index is 0.908. The first-order chi connectivity index (χ1) is 7.67. The fraction of sp³-hybridized carbons (Fsp3) is 0.385. The summed E-state index contributed by atoms with van der Waals surface area (Å²) in [6, 6.07) is 6.22. The standard InChI is InChI=1S/C13H18N2O/c1-5-15-9-13(14(2)3)11-7-6-10(16-4)8-12(11)15/h6-9H,5H2,1-4H3. The van der Waals surface area contributed by atoms with Crippen molar-refractivity contribution >= 4 is 16.6 Å². The zero-order valence-electron chi connectivity index (χ0n) is 10.3. The van der Waals surface area contributed by atoms with Crippen LogP contribution in [-0.2, 0) is 6.54 Å². The second-order valence-electron chi connectivity index (χ2n) is 4.08. The number of aryl methyl sites for hydroxylation is 1. The van der Waals surface area contributed by atoms with Crippen molar-refractivity contribution in [3.8, 4) is 5.75 Å². The predicted molar refractivity (Wildman–Crippen MR) is 68.5 cm³/mol. The molecule has 0 N–H and O–H groups in total. The van der Waals surface area contributed by atoms with E-state index in [1.54, 1.807) is 7.11 Å². The van der Waals surface area contributed by atoms with E-state index in [0.29, 0.717) is 0 Å². The van der Waals surface area contributed by atoms with Gasteiger partial charge in [0.2, 0.25) is 0 Å². The summed E-state index contributed by atoms with van der Waals surface area (Å²) in [6.07, 6.45) is 2.18. The van der Waals surface area contributed by atoms with Crippen LogP contribution < -0.4 is 9.64 Å². The molecule has 0 saturated carbocycles. The van der Waals surface area contributed by atoms with E-state index in [9.17, 15) is 0 Å². The second kappa shape index (κ2) is 4.08. The lowest BCUT2D eigenvalue weighted by atomic mass is 10.2. The lowest BCUT2D eigenvalue weighted by Crippen LogP contribution is -2.07. The number of ether oxygens (including phenoxy) is 1. The maximum atomic E-state index is 5.26. The zero-order valence-corrected chi connectivity index (χ0v) is 10.3. The fourth-order valence-corrected chi connectivity index (χ4v) is 2.00. The van der Waals surface area contributed by atoms with E-state index in [-0.39, 0.29) is 0 Å². The molecule has 0 fully saturated rings. The van der Waals surface area contributed by atoms with Crippen LogP contribution in [-0.4, -0.2) is 25.8 Å². The van der Waals surface area contributed by atoms with Gasteiger partial charge in [0.05, 0.1) is 18.3 Å². The van der Waals surface area contributed by atoms with Crippen LogP contribution in [0.15, 0.2) is 24.4 Å². The molecule has 16 heavy (non-hydrogen) atoms. The molecule has 2 rings (SSSR count). The van der Waals surface area contributed by atoms with Crippen LogP contribution in [0, 0.1) is 0 Å². The smallest absolute Gasteiger partial charge is 0.120 e. The predicted octanol–water partition coefficient (Wildman–Crippen LogP) is 2.74. The Morgan fingerprint density at radius 2 is 2.06 bits per heavy atom. The van der Waals surface area contributed by atoms with Gasteiger partial charge in [-0.2, -0.15) is 0 Å². The van der Waals surface area contributed by atoms with Gasteiger partial charge in [-0.25, -0.2) is 0 Å². The molecule has 0 aliphatic carbocycles. The maximum Gasteiger partial charge on any atom is 0.120 e. The average molecular weight is 218 g/mol. The molecule has 0 saturated heterocycles. The molecule has 0 spiro atoms. The van der Waals surface area contributed by atoms with Crippen LogP contribution in [0.25, 0.3) is 10.9 Å². The SMILES string of the molecule is CCn1cc(N(C)C)c2ccc(OC)cc21. The number of fused-ring (bicyclic) bond motifs is 1. The molecule has 0 atom stereocenters. The van der Waals surface area contributed by atoms with Gasteiger partial charge < -0.3 is 14.2 Å². The molecular weight excluding hydrogens is 200 g/mol. The van der Waals surface area contributed by atoms with Gasteiger partial charge in [-0.1, -0.05) is 0 Å². The Morgan fingerprint density at radius 3 is 2.62 bits per heavy atom. The molecule has 86 valence electrons. The third-order valence-corrected chi connectivity index (χ3v) is 2.89. The number of anilines is 1. The maximum absolute atomic E-state index is 5.26. The van der Waals surface area contributed by atoms with Crippen LogP contribution in [0.2, 0.25) is 0 Å². The highest BCUT2D eigenvalue weighted by Crippen LogP contribution is 2.30. The third-order valence-electron chi connectivity index (χ3n) is 2.89. The molecule has 3 nitrogen and oxygen atoms in total. The highest BCUT2D eigenvalue weighted by molar-refractivity contribution is 5.94. The molecule has 1 aromatic heterocycles. The van der Waals surface area contributed by atoms with Crippen molar-refractivity contribution in [2.45, 2.75) is 13.5 Å². The molecular formula is C13H18N2O. The van der Waals surface area contributed by atoms with Gasteiger partial charge in [0, 0.05) is 38.3 Å². The van der Waals surface area contributed by atoms with Gasteiger partial charge >= 0.3 is 0 Å². The van der Waals surface area contributed by atoms with Crippen LogP contribution >= 0.6 is 0 Å². The Bertz CT molecular complexity index is 500. The van der Waals surface area contributed by atoms with Gasteiger partial charge in [0.1, 0.15) is 5.75 Å². The van der Waals surface area contributed by atoms with E-state index in [4.69, 9.17) is 4.74 Å². The van der Waals surface area contributed by atoms with Gasteiger partial charge in [0.25, 0.3) is 0 Å². The van der Waals surface area contributed by atoms with E-state index >= 15 is 0 Å². The van der Waals surface area contributed by atoms with Crippen LogP contribution in [0.4, 0.5) is 5.69 Å². The van der Waals surface area contributed by atoms with Crippen LogP contribution in [0.3, 0.4) is 0 Å². The Morgan fingerprint density at radius 1 is 1.31 bits per heavy atom. The molecule has 0 aliphatic heterocycles. The topological polar surface area (TPSA) is 17.4 Å². The van der Waals surface area contributed by atoms with E-state index in [2.05, 4.69) is 48.8 Å². The number of aromatic nitrogens is 1. The Hall–Kier alpha value is -1.64. The highest BCUT2D eigenvalue weighted by atomic mass is 16.5. The lowest BCUT2D eigenvalue weighted by Gasteiger charge is -2.10. The molecule has 0 radical (unpaired) electrons. The zero-order chi connectivity index (χ0) is 11.7. The van der Waals surface area contributed by atoms with E-state index in [1.165, 1.54) is 16.6 Å². The lowest BCUT2D eigenvalue weighted by molar-refractivity contribution is 0.415. The number of hydrogen-bond donors (Lipinski definition) is 0. The van der Waals surface area contributed by atoms with Crippen molar-refractivity contribution < 1.29 is 4.74 Å². The molecule has 0 bridgehead atoms. The first-order valence-corrected chi connectivity index (χ1v) is 5.51. The molecule has 3 heteroatoms. The van der Waals surface area contributed by atoms with Crippen LogP contribution in [0.5, 0.6) is 5.75 Å². The summed E-state index contributed by atoms with van der Waals surface area (Å²) >= 11 is 0. The molecule has 1 aromatic carbocycles. The summed E-state index contributed by atoms with van der Waals surface area (Å²) in [7, 11) is 5.84. The molecule has 2 aromatic rings. The largest absolute Gasteiger partial charge is 0.497 e. The van der Waals surface area contributed by atoms with Gasteiger partial charge in [-0.05, 0) is 19.1 Å². The monoisotopic (exact) mass is 218 g/mol. The first kappa shape index (κ1) is 10.9. The number of hydrogen-bond acceptors (Lipinski definition) is 2. The first-order valence-electron chi connectivity index (χ1n) is 5.51. The third kappa shape index (κ3) is 1.62. The quantitative estimate of drug-likeness (QED) is 0.788. The van der Waals surface area contributed by atoms with Crippen molar-refractivity contribution in [2.75, 3.05) is 26.1 Å². The number of nitrogens with zero attached hydrogens (tertiary/aromatic N) is 2. The van der Waals surface area contributed by atoms with E-state index in [1.807, 2.05) is 6.07 Å².